The molecule has 0 fully saturated rings. The topological polar surface area (TPSA) is 88.2 Å². The normalized spacial score (nSPS) is 13.8. The number of rotatable bonds is 6. The number of nitrogen functional groups attached to an aromatic ring is 1. The zero-order valence-corrected chi connectivity index (χ0v) is 10.8. The van der Waals surface area contributed by atoms with E-state index in [1.807, 2.05) is 11.0 Å². The second-order valence-electron chi connectivity index (χ2n) is 4.42. The Morgan fingerprint density at radius 2 is 1.63 bits per heavy atom. The third kappa shape index (κ3) is 3.50. The molecule has 0 saturated carbocycles. The second-order valence-corrected chi connectivity index (χ2v) is 4.42. The fraction of sp³-hybridized carbons (Fsp3) is 0.538. The Hall–Kier alpha value is -1.50. The number of ether oxygens (including phenoxy) is 2. The van der Waals surface area contributed by atoms with Crippen LogP contribution >= 0.6 is 0 Å². The number of anilines is 1. The van der Waals surface area contributed by atoms with Gasteiger partial charge in [0, 0.05) is 31.4 Å². The van der Waals surface area contributed by atoms with Gasteiger partial charge in [0.05, 0.1) is 13.2 Å². The Bertz CT molecular complexity index is 419. The maximum Gasteiger partial charge on any atom is 0.163 e. The van der Waals surface area contributed by atoms with Crippen molar-refractivity contribution in [3.8, 4) is 11.5 Å². The van der Waals surface area contributed by atoms with Crippen LogP contribution in [0.25, 0.3) is 0 Å². The molecule has 2 rings (SSSR count). The van der Waals surface area contributed by atoms with Gasteiger partial charge in [-0.15, -0.1) is 0 Å². The summed E-state index contributed by atoms with van der Waals surface area (Å²) in [5.41, 5.74) is 7.54. The molecule has 6 heteroatoms. The van der Waals surface area contributed by atoms with E-state index < -0.39 is 0 Å². The number of hydrogen-bond acceptors (Lipinski definition) is 6. The highest BCUT2D eigenvalue weighted by atomic mass is 16.6. The molecule has 0 aromatic heterocycles. The standard InChI is InChI=1S/C13H20N2O4/c14-11-8-13-12(18-5-6-19-13)7-10(11)9-15(1-3-16)2-4-17/h7-8,16-17H,1-6,9,14H2. The molecule has 6 nitrogen and oxygen atoms in total. The molecule has 0 radical (unpaired) electrons. The maximum atomic E-state index is 9.00. The van der Waals surface area contributed by atoms with Crippen molar-refractivity contribution in [2.24, 2.45) is 0 Å². The van der Waals surface area contributed by atoms with Crippen LogP contribution in [0.4, 0.5) is 5.69 Å². The summed E-state index contributed by atoms with van der Waals surface area (Å²) in [6.07, 6.45) is 0. The molecule has 0 atom stereocenters. The third-order valence-corrected chi connectivity index (χ3v) is 3.03. The number of nitrogens with zero attached hydrogens (tertiary/aromatic N) is 1. The summed E-state index contributed by atoms with van der Waals surface area (Å²) < 4.78 is 11.0. The van der Waals surface area contributed by atoms with Crippen LogP contribution < -0.4 is 15.2 Å². The van der Waals surface area contributed by atoms with Crippen LogP contribution in [0.3, 0.4) is 0 Å². The van der Waals surface area contributed by atoms with E-state index in [2.05, 4.69) is 0 Å². The van der Waals surface area contributed by atoms with Gasteiger partial charge in [-0.2, -0.15) is 0 Å². The first-order chi connectivity index (χ1) is 9.24. The first-order valence-electron chi connectivity index (χ1n) is 6.36. The zero-order chi connectivity index (χ0) is 13.7. The Morgan fingerprint density at radius 1 is 1.05 bits per heavy atom. The highest BCUT2D eigenvalue weighted by Crippen LogP contribution is 2.34. The van der Waals surface area contributed by atoms with Crippen molar-refractivity contribution in [2.75, 3.05) is 45.3 Å². The molecule has 1 heterocycles. The fourth-order valence-electron chi connectivity index (χ4n) is 2.08. The van der Waals surface area contributed by atoms with Crippen molar-refractivity contribution in [3.05, 3.63) is 17.7 Å². The SMILES string of the molecule is Nc1cc2c(cc1CN(CCO)CCO)OCCO2. The number of aliphatic hydroxyl groups is 2. The maximum absolute atomic E-state index is 9.00. The van der Waals surface area contributed by atoms with E-state index in [9.17, 15) is 0 Å². The highest BCUT2D eigenvalue weighted by Gasteiger charge is 2.16. The van der Waals surface area contributed by atoms with Crippen LogP contribution in [0.5, 0.6) is 11.5 Å². The Balaban J connectivity index is 2.14. The van der Waals surface area contributed by atoms with Gasteiger partial charge in [0.25, 0.3) is 0 Å². The van der Waals surface area contributed by atoms with E-state index in [0.29, 0.717) is 50.0 Å². The zero-order valence-electron chi connectivity index (χ0n) is 10.8. The number of benzene rings is 1. The molecule has 1 aromatic rings. The molecule has 1 aliphatic heterocycles. The van der Waals surface area contributed by atoms with Crippen LogP contribution in [-0.4, -0.2) is 54.6 Å². The molecule has 106 valence electrons. The summed E-state index contributed by atoms with van der Waals surface area (Å²) in [7, 11) is 0. The van der Waals surface area contributed by atoms with Gasteiger partial charge in [-0.25, -0.2) is 0 Å². The Labute approximate surface area is 112 Å². The molecule has 1 aliphatic rings. The summed E-state index contributed by atoms with van der Waals surface area (Å²) in [6, 6.07) is 3.63. The van der Waals surface area contributed by atoms with Crippen molar-refractivity contribution in [1.29, 1.82) is 0 Å². The van der Waals surface area contributed by atoms with E-state index in [1.165, 1.54) is 0 Å². The van der Waals surface area contributed by atoms with Crippen molar-refractivity contribution < 1.29 is 19.7 Å². The smallest absolute Gasteiger partial charge is 0.163 e. The minimum absolute atomic E-state index is 0.0461. The predicted octanol–water partition coefficient (Wildman–Crippen LogP) is -0.173. The number of hydrogen-bond donors (Lipinski definition) is 3. The summed E-state index contributed by atoms with van der Waals surface area (Å²) >= 11 is 0. The monoisotopic (exact) mass is 268 g/mol. The lowest BCUT2D eigenvalue weighted by atomic mass is 10.1. The van der Waals surface area contributed by atoms with Gasteiger partial charge in [-0.3, -0.25) is 4.90 Å². The van der Waals surface area contributed by atoms with Gasteiger partial charge < -0.3 is 25.4 Å². The molecule has 0 bridgehead atoms. The number of aliphatic hydroxyl groups excluding tert-OH is 2. The second kappa shape index (κ2) is 6.60. The minimum atomic E-state index is 0.0461. The summed E-state index contributed by atoms with van der Waals surface area (Å²) in [5.74, 6) is 1.37. The lowest BCUT2D eigenvalue weighted by Crippen LogP contribution is -2.29. The van der Waals surface area contributed by atoms with Crippen LogP contribution in [0.1, 0.15) is 5.56 Å². The largest absolute Gasteiger partial charge is 0.486 e. The quantitative estimate of drug-likeness (QED) is 0.621. The van der Waals surface area contributed by atoms with E-state index >= 15 is 0 Å². The van der Waals surface area contributed by atoms with E-state index in [4.69, 9.17) is 25.4 Å². The molecule has 1 aromatic carbocycles. The first-order valence-corrected chi connectivity index (χ1v) is 6.36. The highest BCUT2D eigenvalue weighted by molar-refractivity contribution is 5.58. The number of fused-ring (bicyclic) bond motifs is 1. The van der Waals surface area contributed by atoms with Gasteiger partial charge in [-0.05, 0) is 11.6 Å². The average Bonchev–Trinajstić information content (AvgIpc) is 2.40. The first kappa shape index (κ1) is 13.9. The van der Waals surface area contributed by atoms with Crippen LogP contribution in [0, 0.1) is 0 Å². The van der Waals surface area contributed by atoms with Crippen LogP contribution in [-0.2, 0) is 6.54 Å². The van der Waals surface area contributed by atoms with Crippen LogP contribution in [0.2, 0.25) is 0 Å². The predicted molar refractivity (Wildman–Crippen MR) is 71.3 cm³/mol. The lowest BCUT2D eigenvalue weighted by molar-refractivity contribution is 0.154. The van der Waals surface area contributed by atoms with E-state index in [-0.39, 0.29) is 13.2 Å². The van der Waals surface area contributed by atoms with Crippen LogP contribution in [0.15, 0.2) is 12.1 Å². The molecule has 4 N–H and O–H groups in total. The Morgan fingerprint density at radius 3 is 2.21 bits per heavy atom. The number of nitrogens with two attached hydrogens (primary N) is 1. The molecule has 0 aliphatic carbocycles. The van der Waals surface area contributed by atoms with Crippen molar-refractivity contribution in [1.82, 2.24) is 4.90 Å². The molecular formula is C13H20N2O4. The minimum Gasteiger partial charge on any atom is -0.486 e. The fourth-order valence-corrected chi connectivity index (χ4v) is 2.08. The van der Waals surface area contributed by atoms with Gasteiger partial charge in [-0.1, -0.05) is 0 Å². The van der Waals surface area contributed by atoms with E-state index in [1.54, 1.807) is 6.07 Å². The third-order valence-electron chi connectivity index (χ3n) is 3.03. The van der Waals surface area contributed by atoms with Gasteiger partial charge in [0.2, 0.25) is 0 Å². The Kier molecular flexibility index (Phi) is 4.84. The van der Waals surface area contributed by atoms with Gasteiger partial charge >= 0.3 is 0 Å². The molecule has 0 amide bonds. The van der Waals surface area contributed by atoms with Crippen molar-refractivity contribution in [2.45, 2.75) is 6.54 Å². The van der Waals surface area contributed by atoms with Gasteiger partial charge in [0.1, 0.15) is 13.2 Å². The van der Waals surface area contributed by atoms with E-state index in [0.717, 1.165) is 5.56 Å². The van der Waals surface area contributed by atoms with Crippen molar-refractivity contribution >= 4 is 5.69 Å². The molecule has 0 unspecified atom stereocenters. The average molecular weight is 268 g/mol. The van der Waals surface area contributed by atoms with Crippen molar-refractivity contribution in [3.63, 3.8) is 0 Å². The molecule has 0 spiro atoms. The summed E-state index contributed by atoms with van der Waals surface area (Å²) in [5, 5.41) is 18.0. The summed E-state index contributed by atoms with van der Waals surface area (Å²) in [6.45, 7) is 2.71. The lowest BCUT2D eigenvalue weighted by Gasteiger charge is -2.24. The molecule has 19 heavy (non-hydrogen) atoms. The molecule has 0 saturated heterocycles. The van der Waals surface area contributed by atoms with Gasteiger partial charge in [0.15, 0.2) is 11.5 Å². The molecular weight excluding hydrogens is 248 g/mol. The summed E-state index contributed by atoms with van der Waals surface area (Å²) in [4.78, 5) is 1.93.